The van der Waals surface area contributed by atoms with E-state index in [1.54, 1.807) is 4.90 Å². The van der Waals surface area contributed by atoms with Gasteiger partial charge in [-0.1, -0.05) is 34.8 Å². The Balaban J connectivity index is 1.49. The molecule has 2 fully saturated rings. The van der Waals surface area contributed by atoms with Crippen LogP contribution in [0.1, 0.15) is 36.2 Å². The van der Waals surface area contributed by atoms with Crippen molar-refractivity contribution in [1.29, 1.82) is 0 Å². The Labute approximate surface area is 150 Å². The first-order valence-corrected chi connectivity index (χ1v) is 9.47. The lowest BCUT2D eigenvalue weighted by molar-refractivity contribution is -0.126. The zero-order valence-electron chi connectivity index (χ0n) is 13.9. The summed E-state index contributed by atoms with van der Waals surface area (Å²) in [7, 11) is 0. The van der Waals surface area contributed by atoms with Gasteiger partial charge in [0.2, 0.25) is 5.91 Å². The lowest BCUT2D eigenvalue weighted by Crippen LogP contribution is -2.46. The lowest BCUT2D eigenvalue weighted by Gasteiger charge is -2.31. The quantitative estimate of drug-likeness (QED) is 0.912. The molecule has 1 aliphatic heterocycles. The minimum absolute atomic E-state index is 0.0830. The Morgan fingerprint density at radius 3 is 2.72 bits per heavy atom. The third-order valence-corrected chi connectivity index (χ3v) is 5.50. The van der Waals surface area contributed by atoms with Crippen LogP contribution in [0.5, 0.6) is 0 Å². The Kier molecular flexibility index (Phi) is 4.48. The van der Waals surface area contributed by atoms with E-state index in [-0.39, 0.29) is 17.7 Å². The van der Waals surface area contributed by atoms with Crippen LogP contribution in [-0.2, 0) is 4.79 Å². The monoisotopic (exact) mass is 356 g/mol. The molecule has 0 unspecified atom stereocenters. The van der Waals surface area contributed by atoms with Crippen LogP contribution in [0.4, 0.5) is 0 Å². The molecule has 2 aromatic rings. The van der Waals surface area contributed by atoms with E-state index in [2.05, 4.69) is 14.9 Å². The maximum absolute atomic E-state index is 13.0. The van der Waals surface area contributed by atoms with Crippen LogP contribution in [0.15, 0.2) is 30.3 Å². The molecule has 1 atom stereocenters. The van der Waals surface area contributed by atoms with E-state index in [9.17, 15) is 9.59 Å². The van der Waals surface area contributed by atoms with E-state index >= 15 is 0 Å². The standard InChI is InChI=1S/C18H20N4O2S/c23-17(19-14-8-9-14)13-7-4-10-22(11-13)18(24)15-16(25-21-20-15)12-5-2-1-3-6-12/h1-3,5-6,13-14H,4,7-11H2,(H,19,23)/t13-/m1/s1. The first kappa shape index (κ1) is 16.2. The Hall–Kier alpha value is -2.28. The van der Waals surface area contributed by atoms with Gasteiger partial charge in [-0.2, -0.15) is 0 Å². The number of nitrogens with zero attached hydrogens (tertiary/aromatic N) is 3. The van der Waals surface area contributed by atoms with Gasteiger partial charge < -0.3 is 10.2 Å². The second-order valence-corrected chi connectivity index (χ2v) is 7.44. The third kappa shape index (κ3) is 3.56. The number of hydrogen-bond acceptors (Lipinski definition) is 5. The van der Waals surface area contributed by atoms with E-state index in [4.69, 9.17) is 0 Å². The van der Waals surface area contributed by atoms with Crippen LogP contribution in [0.3, 0.4) is 0 Å². The summed E-state index contributed by atoms with van der Waals surface area (Å²) in [6, 6.07) is 10.1. The van der Waals surface area contributed by atoms with Crippen LogP contribution >= 0.6 is 11.5 Å². The average Bonchev–Trinajstić information content (AvgIpc) is 3.34. The Morgan fingerprint density at radius 2 is 1.96 bits per heavy atom. The van der Waals surface area contributed by atoms with Crippen LogP contribution in [0.25, 0.3) is 10.4 Å². The van der Waals surface area contributed by atoms with Gasteiger partial charge in [0.05, 0.1) is 10.8 Å². The molecule has 4 rings (SSSR count). The molecule has 130 valence electrons. The maximum atomic E-state index is 13.0. The molecule has 1 saturated carbocycles. The highest BCUT2D eigenvalue weighted by Crippen LogP contribution is 2.28. The molecule has 1 saturated heterocycles. The number of carbonyl (C=O) groups excluding carboxylic acids is 2. The molecular weight excluding hydrogens is 336 g/mol. The number of likely N-dealkylation sites (tertiary alicyclic amines) is 1. The molecule has 0 bridgehead atoms. The van der Waals surface area contributed by atoms with Crippen molar-refractivity contribution < 1.29 is 9.59 Å². The molecule has 6 nitrogen and oxygen atoms in total. The second kappa shape index (κ2) is 6.92. The molecule has 1 aliphatic carbocycles. The smallest absolute Gasteiger partial charge is 0.275 e. The van der Waals surface area contributed by atoms with Crippen molar-refractivity contribution in [2.45, 2.75) is 31.7 Å². The summed E-state index contributed by atoms with van der Waals surface area (Å²) in [6.45, 7) is 1.13. The highest BCUT2D eigenvalue weighted by atomic mass is 32.1. The van der Waals surface area contributed by atoms with Gasteiger partial charge in [-0.25, -0.2) is 0 Å². The topological polar surface area (TPSA) is 75.2 Å². The van der Waals surface area contributed by atoms with Gasteiger partial charge in [-0.3, -0.25) is 9.59 Å². The van der Waals surface area contributed by atoms with E-state index in [0.717, 1.165) is 36.1 Å². The van der Waals surface area contributed by atoms with Crippen molar-refractivity contribution in [3.05, 3.63) is 36.0 Å². The first-order valence-electron chi connectivity index (χ1n) is 8.70. The van der Waals surface area contributed by atoms with Crippen LogP contribution in [0.2, 0.25) is 0 Å². The summed E-state index contributed by atoms with van der Waals surface area (Å²) in [5.74, 6) is -0.165. The minimum Gasteiger partial charge on any atom is -0.353 e. The molecule has 7 heteroatoms. The number of carbonyl (C=O) groups is 2. The summed E-state index contributed by atoms with van der Waals surface area (Å²) in [5, 5.41) is 7.12. The second-order valence-electron chi connectivity index (χ2n) is 6.69. The molecular formula is C18H20N4O2S. The predicted molar refractivity (Wildman–Crippen MR) is 95.1 cm³/mol. The molecule has 1 aromatic carbocycles. The fourth-order valence-corrected chi connectivity index (χ4v) is 3.84. The van der Waals surface area contributed by atoms with Crippen LogP contribution in [-0.4, -0.2) is 45.4 Å². The Bertz CT molecular complexity index is 772. The van der Waals surface area contributed by atoms with Gasteiger partial charge in [0.1, 0.15) is 0 Å². The summed E-state index contributed by atoms with van der Waals surface area (Å²) in [6.07, 6.45) is 3.83. The fourth-order valence-electron chi connectivity index (χ4n) is 3.18. The SMILES string of the molecule is O=C(NC1CC1)[C@@H]1CCCN(C(=O)c2nnsc2-c2ccccc2)C1. The van der Waals surface area contributed by atoms with E-state index in [1.165, 1.54) is 11.5 Å². The molecule has 0 spiro atoms. The van der Waals surface area contributed by atoms with Crippen molar-refractivity contribution in [3.63, 3.8) is 0 Å². The highest BCUT2D eigenvalue weighted by molar-refractivity contribution is 7.09. The normalized spacial score (nSPS) is 20.3. The van der Waals surface area contributed by atoms with E-state index in [0.29, 0.717) is 24.8 Å². The molecule has 1 aromatic heterocycles. The number of hydrogen-bond donors (Lipinski definition) is 1. The number of piperidine rings is 1. The number of rotatable bonds is 4. The summed E-state index contributed by atoms with van der Waals surface area (Å²) >= 11 is 1.23. The number of benzene rings is 1. The van der Waals surface area contributed by atoms with Crippen LogP contribution in [0, 0.1) is 5.92 Å². The van der Waals surface area contributed by atoms with E-state index in [1.807, 2.05) is 30.3 Å². The van der Waals surface area contributed by atoms with Crippen molar-refractivity contribution in [2.24, 2.45) is 5.92 Å². The van der Waals surface area contributed by atoms with Gasteiger partial charge in [0, 0.05) is 19.1 Å². The van der Waals surface area contributed by atoms with E-state index < -0.39 is 0 Å². The molecule has 0 radical (unpaired) electrons. The van der Waals surface area contributed by atoms with Crippen molar-refractivity contribution >= 4 is 23.3 Å². The summed E-state index contributed by atoms with van der Waals surface area (Å²) < 4.78 is 3.98. The van der Waals surface area contributed by atoms with Gasteiger partial charge in [0.25, 0.3) is 5.91 Å². The van der Waals surface area contributed by atoms with Gasteiger partial charge in [-0.15, -0.1) is 5.10 Å². The number of aromatic nitrogens is 2. The molecule has 25 heavy (non-hydrogen) atoms. The van der Waals surface area contributed by atoms with Crippen LogP contribution < -0.4 is 5.32 Å². The van der Waals surface area contributed by atoms with Crippen molar-refractivity contribution in [1.82, 2.24) is 19.8 Å². The first-order chi connectivity index (χ1) is 12.2. The third-order valence-electron chi connectivity index (χ3n) is 4.73. The van der Waals surface area contributed by atoms with Crippen molar-refractivity contribution in [2.75, 3.05) is 13.1 Å². The minimum atomic E-state index is -0.128. The van der Waals surface area contributed by atoms with Gasteiger partial charge >= 0.3 is 0 Å². The zero-order valence-corrected chi connectivity index (χ0v) is 14.7. The molecule has 2 heterocycles. The molecule has 1 N–H and O–H groups in total. The van der Waals surface area contributed by atoms with Crippen molar-refractivity contribution in [3.8, 4) is 10.4 Å². The largest absolute Gasteiger partial charge is 0.353 e. The molecule has 2 amide bonds. The predicted octanol–water partition coefficient (Wildman–Crippen LogP) is 2.34. The Morgan fingerprint density at radius 1 is 1.16 bits per heavy atom. The summed E-state index contributed by atoms with van der Waals surface area (Å²) in [5.41, 5.74) is 1.33. The molecule has 2 aliphatic rings. The lowest BCUT2D eigenvalue weighted by atomic mass is 9.96. The zero-order chi connectivity index (χ0) is 17.2. The average molecular weight is 356 g/mol. The number of amides is 2. The highest BCUT2D eigenvalue weighted by Gasteiger charge is 2.33. The fraction of sp³-hybridized carbons (Fsp3) is 0.444. The number of nitrogens with one attached hydrogen (secondary N) is 1. The maximum Gasteiger partial charge on any atom is 0.275 e. The van der Waals surface area contributed by atoms with Gasteiger partial charge in [0.15, 0.2) is 5.69 Å². The van der Waals surface area contributed by atoms with Gasteiger partial charge in [-0.05, 0) is 42.8 Å². The summed E-state index contributed by atoms with van der Waals surface area (Å²) in [4.78, 5) is 27.8.